The molecule has 9 heteroatoms. The number of furan rings is 1. The molecule has 0 aromatic carbocycles. The molecule has 1 aromatic heterocycles. The van der Waals surface area contributed by atoms with Crippen molar-refractivity contribution in [3.63, 3.8) is 0 Å². The summed E-state index contributed by atoms with van der Waals surface area (Å²) in [7, 11) is -2.37. The fourth-order valence-corrected chi connectivity index (χ4v) is 2.57. The van der Waals surface area contributed by atoms with Crippen molar-refractivity contribution in [3.8, 4) is 0 Å². The minimum absolute atomic E-state index is 0. The molecule has 0 unspecified atom stereocenters. The number of sulfonamides is 1. The van der Waals surface area contributed by atoms with Crippen LogP contribution in [0.15, 0.2) is 21.6 Å². The first-order valence-corrected chi connectivity index (χ1v) is 7.56. The lowest BCUT2D eigenvalue weighted by molar-refractivity contribution is 0.0897. The summed E-state index contributed by atoms with van der Waals surface area (Å²) in [4.78, 5) is 11.9. The molecule has 2 rings (SSSR count). The van der Waals surface area contributed by atoms with Crippen LogP contribution in [0.1, 0.15) is 23.4 Å². The zero-order chi connectivity index (χ0) is 13.9. The molecule has 0 radical (unpaired) electrons. The Labute approximate surface area is 123 Å². The van der Waals surface area contributed by atoms with Crippen LogP contribution in [0.2, 0.25) is 0 Å². The highest BCUT2D eigenvalue weighted by Gasteiger charge is 2.22. The van der Waals surface area contributed by atoms with E-state index < -0.39 is 15.9 Å². The monoisotopic (exact) mass is 323 g/mol. The lowest BCUT2D eigenvalue weighted by atomic mass is 10.1. The van der Waals surface area contributed by atoms with E-state index in [1.165, 1.54) is 19.2 Å². The van der Waals surface area contributed by atoms with Crippen LogP contribution in [0.3, 0.4) is 0 Å². The van der Waals surface area contributed by atoms with E-state index in [-0.39, 0.29) is 29.3 Å². The summed E-state index contributed by atoms with van der Waals surface area (Å²) in [6.07, 6.45) is 1.91. The van der Waals surface area contributed by atoms with Crippen LogP contribution in [0.5, 0.6) is 0 Å². The number of rotatable bonds is 4. The molecule has 7 nitrogen and oxygen atoms in total. The second-order valence-electron chi connectivity index (χ2n) is 4.34. The number of hydrogen-bond acceptors (Lipinski definition) is 5. The molecular weight excluding hydrogens is 306 g/mol. The van der Waals surface area contributed by atoms with Gasteiger partial charge in [-0.25, -0.2) is 13.1 Å². The number of carbonyl (C=O) groups excluding carboxylic acids is 1. The Hall–Kier alpha value is -1.09. The number of nitrogens with one attached hydrogen (secondary N) is 3. The Morgan fingerprint density at radius 1 is 1.45 bits per heavy atom. The van der Waals surface area contributed by atoms with Crippen LogP contribution in [0.25, 0.3) is 0 Å². The molecule has 2 heterocycles. The van der Waals surface area contributed by atoms with Crippen molar-refractivity contribution in [2.75, 3.05) is 20.1 Å². The van der Waals surface area contributed by atoms with Gasteiger partial charge < -0.3 is 15.1 Å². The molecular formula is C11H18ClN3O4S. The average Bonchev–Trinajstić information content (AvgIpc) is 2.90. The summed E-state index contributed by atoms with van der Waals surface area (Å²) >= 11 is 0. The maximum atomic E-state index is 11.9. The summed E-state index contributed by atoms with van der Waals surface area (Å²) < 4.78 is 30.1. The third-order valence-corrected chi connectivity index (χ3v) is 4.26. The number of piperidine rings is 1. The molecule has 0 saturated carbocycles. The summed E-state index contributed by atoms with van der Waals surface area (Å²) in [5, 5.41) is 5.72. The second-order valence-corrected chi connectivity index (χ2v) is 6.16. The van der Waals surface area contributed by atoms with Gasteiger partial charge in [-0.2, -0.15) is 0 Å². The van der Waals surface area contributed by atoms with Crippen molar-refractivity contribution in [1.82, 2.24) is 15.4 Å². The van der Waals surface area contributed by atoms with Gasteiger partial charge in [0.05, 0.1) is 0 Å². The molecule has 1 fully saturated rings. The highest BCUT2D eigenvalue weighted by Crippen LogP contribution is 2.14. The minimum Gasteiger partial charge on any atom is -0.438 e. The molecule has 3 N–H and O–H groups in total. The molecule has 0 aliphatic carbocycles. The Morgan fingerprint density at radius 3 is 2.80 bits per heavy atom. The molecule has 1 atom stereocenters. The first-order chi connectivity index (χ1) is 9.03. The SMILES string of the molecule is CNS(=O)(=O)c1ccc(C(=O)N[C@H]2CCCNC2)o1.Cl. The molecule has 0 spiro atoms. The van der Waals surface area contributed by atoms with E-state index in [1.54, 1.807) is 0 Å². The first kappa shape index (κ1) is 17.0. The van der Waals surface area contributed by atoms with Crippen molar-refractivity contribution in [2.45, 2.75) is 24.0 Å². The Bertz CT molecular complexity index is 552. The van der Waals surface area contributed by atoms with Gasteiger partial charge in [0.25, 0.3) is 15.9 Å². The van der Waals surface area contributed by atoms with Crippen LogP contribution in [-0.2, 0) is 10.0 Å². The van der Waals surface area contributed by atoms with Crippen LogP contribution in [0.4, 0.5) is 0 Å². The van der Waals surface area contributed by atoms with Gasteiger partial charge in [0, 0.05) is 12.6 Å². The summed E-state index contributed by atoms with van der Waals surface area (Å²) in [5.41, 5.74) is 0. The van der Waals surface area contributed by atoms with Gasteiger partial charge in [0.15, 0.2) is 5.76 Å². The smallest absolute Gasteiger partial charge is 0.287 e. The van der Waals surface area contributed by atoms with Gasteiger partial charge in [-0.15, -0.1) is 12.4 Å². The van der Waals surface area contributed by atoms with Crippen molar-refractivity contribution >= 4 is 28.3 Å². The van der Waals surface area contributed by atoms with E-state index in [4.69, 9.17) is 4.42 Å². The van der Waals surface area contributed by atoms with Crippen molar-refractivity contribution in [3.05, 3.63) is 17.9 Å². The van der Waals surface area contributed by atoms with Crippen LogP contribution >= 0.6 is 12.4 Å². The Kier molecular flexibility index (Phi) is 6.00. The van der Waals surface area contributed by atoms with Crippen LogP contribution in [0, 0.1) is 0 Å². The molecule has 1 aliphatic heterocycles. The quantitative estimate of drug-likeness (QED) is 0.729. The third-order valence-electron chi connectivity index (χ3n) is 2.97. The van der Waals surface area contributed by atoms with Crippen LogP contribution < -0.4 is 15.4 Å². The maximum Gasteiger partial charge on any atom is 0.287 e. The highest BCUT2D eigenvalue weighted by molar-refractivity contribution is 7.89. The number of amides is 1. The van der Waals surface area contributed by atoms with E-state index in [0.29, 0.717) is 6.54 Å². The van der Waals surface area contributed by atoms with Crippen molar-refractivity contribution < 1.29 is 17.6 Å². The van der Waals surface area contributed by atoms with Gasteiger partial charge in [-0.1, -0.05) is 0 Å². The predicted octanol–water partition coefficient (Wildman–Crippen LogP) is 0.0913. The summed E-state index contributed by atoms with van der Waals surface area (Å²) in [5.74, 6) is -0.398. The van der Waals surface area contributed by atoms with Crippen molar-refractivity contribution in [2.24, 2.45) is 0 Å². The number of halogens is 1. The molecule has 1 aromatic rings. The van der Waals surface area contributed by atoms with E-state index in [9.17, 15) is 13.2 Å². The van der Waals surface area contributed by atoms with E-state index in [0.717, 1.165) is 19.4 Å². The summed E-state index contributed by atoms with van der Waals surface area (Å²) in [6, 6.07) is 2.67. The number of hydrogen-bond donors (Lipinski definition) is 3. The zero-order valence-corrected chi connectivity index (χ0v) is 12.6. The minimum atomic E-state index is -3.65. The number of carbonyl (C=O) groups is 1. The molecule has 20 heavy (non-hydrogen) atoms. The maximum absolute atomic E-state index is 11.9. The van der Waals surface area contributed by atoms with Gasteiger partial charge in [-0.3, -0.25) is 4.79 Å². The Morgan fingerprint density at radius 2 is 2.20 bits per heavy atom. The van der Waals surface area contributed by atoms with E-state index >= 15 is 0 Å². The fourth-order valence-electron chi connectivity index (χ4n) is 1.92. The molecule has 1 aliphatic rings. The second kappa shape index (κ2) is 7.07. The third kappa shape index (κ3) is 3.95. The van der Waals surface area contributed by atoms with Gasteiger partial charge >= 0.3 is 0 Å². The van der Waals surface area contributed by atoms with Crippen molar-refractivity contribution in [1.29, 1.82) is 0 Å². The molecule has 1 saturated heterocycles. The summed E-state index contributed by atoms with van der Waals surface area (Å²) in [6.45, 7) is 1.67. The first-order valence-electron chi connectivity index (χ1n) is 6.08. The Balaban J connectivity index is 0.00000200. The van der Waals surface area contributed by atoms with Crippen LogP contribution in [-0.4, -0.2) is 40.5 Å². The van der Waals surface area contributed by atoms with Gasteiger partial charge in [0.1, 0.15) is 0 Å². The molecule has 114 valence electrons. The predicted molar refractivity (Wildman–Crippen MR) is 75.6 cm³/mol. The average molecular weight is 324 g/mol. The fraction of sp³-hybridized carbons (Fsp3) is 0.545. The van der Waals surface area contributed by atoms with E-state index in [1.807, 2.05) is 0 Å². The zero-order valence-electron chi connectivity index (χ0n) is 11.0. The highest BCUT2D eigenvalue weighted by atomic mass is 35.5. The lowest BCUT2D eigenvalue weighted by Crippen LogP contribution is -2.45. The molecule has 0 bridgehead atoms. The van der Waals surface area contributed by atoms with Gasteiger partial charge in [-0.05, 0) is 38.6 Å². The standard InChI is InChI=1S/C11H17N3O4S.ClH/c1-12-19(16,17)10-5-4-9(18-10)11(15)14-8-3-2-6-13-7-8;/h4-5,8,12-13H,2-3,6-7H2,1H3,(H,14,15);1H/t8-;/m0./s1. The van der Waals surface area contributed by atoms with Gasteiger partial charge in [0.2, 0.25) is 5.09 Å². The largest absolute Gasteiger partial charge is 0.438 e. The normalized spacial score (nSPS) is 19.1. The van der Waals surface area contributed by atoms with E-state index in [2.05, 4.69) is 15.4 Å². The topological polar surface area (TPSA) is 100 Å². The lowest BCUT2D eigenvalue weighted by Gasteiger charge is -2.23. The molecule has 1 amide bonds.